The van der Waals surface area contributed by atoms with Crippen LogP contribution in [-0.4, -0.2) is 38.4 Å². The zero-order chi connectivity index (χ0) is 12.9. The first-order chi connectivity index (χ1) is 8.20. The lowest BCUT2D eigenvalue weighted by Gasteiger charge is -1.97. The van der Waals surface area contributed by atoms with Gasteiger partial charge in [0.15, 0.2) is 0 Å². The Morgan fingerprint density at radius 1 is 0.882 bits per heavy atom. The molecule has 0 aromatic heterocycles. The first-order valence-electron chi connectivity index (χ1n) is 5.45. The molecule has 0 spiro atoms. The molecule has 0 radical (unpaired) electrons. The molecule has 5 heteroatoms. The van der Waals surface area contributed by atoms with Crippen LogP contribution in [0.1, 0.15) is 13.8 Å². The molecule has 0 heterocycles. The van der Waals surface area contributed by atoms with Crippen molar-refractivity contribution >= 4 is 11.9 Å². The molecule has 0 aliphatic carbocycles. The number of carbonyl (C=O) groups is 2. The Bertz CT molecular complexity index is 253. The van der Waals surface area contributed by atoms with Crippen LogP contribution in [0.5, 0.6) is 0 Å². The van der Waals surface area contributed by atoms with Gasteiger partial charge in [0.25, 0.3) is 0 Å². The SMILES string of the molecule is CCOC(=O)/C=C\COC/C=C\C(=O)OCC. The zero-order valence-corrected chi connectivity index (χ0v) is 10.2. The van der Waals surface area contributed by atoms with Gasteiger partial charge in [0, 0.05) is 12.2 Å². The fourth-order valence-electron chi connectivity index (χ4n) is 0.874. The Morgan fingerprint density at radius 2 is 1.29 bits per heavy atom. The third kappa shape index (κ3) is 10.7. The average molecular weight is 242 g/mol. The molecule has 96 valence electrons. The topological polar surface area (TPSA) is 61.8 Å². The predicted molar refractivity (Wildman–Crippen MR) is 62.4 cm³/mol. The summed E-state index contributed by atoms with van der Waals surface area (Å²) in [4.78, 5) is 21.7. The summed E-state index contributed by atoms with van der Waals surface area (Å²) in [5, 5.41) is 0. The molecule has 0 fully saturated rings. The minimum absolute atomic E-state index is 0.284. The minimum Gasteiger partial charge on any atom is -0.463 e. The van der Waals surface area contributed by atoms with Gasteiger partial charge in [-0.3, -0.25) is 0 Å². The summed E-state index contributed by atoms with van der Waals surface area (Å²) in [5.74, 6) is -0.781. The Kier molecular flexibility index (Phi) is 9.85. The summed E-state index contributed by atoms with van der Waals surface area (Å²) in [5.41, 5.74) is 0. The molecule has 0 bridgehead atoms. The summed E-state index contributed by atoms with van der Waals surface area (Å²) >= 11 is 0. The van der Waals surface area contributed by atoms with E-state index in [1.54, 1.807) is 26.0 Å². The van der Waals surface area contributed by atoms with E-state index in [2.05, 4.69) is 9.47 Å². The molecule has 0 aliphatic rings. The van der Waals surface area contributed by atoms with Crippen molar-refractivity contribution in [2.45, 2.75) is 13.8 Å². The highest BCUT2D eigenvalue weighted by molar-refractivity contribution is 5.82. The summed E-state index contributed by atoms with van der Waals surface area (Å²) in [7, 11) is 0. The molecule has 0 rings (SSSR count). The van der Waals surface area contributed by atoms with Crippen LogP contribution in [-0.2, 0) is 23.8 Å². The van der Waals surface area contributed by atoms with E-state index in [9.17, 15) is 9.59 Å². The molecular weight excluding hydrogens is 224 g/mol. The summed E-state index contributed by atoms with van der Waals surface area (Å²) in [6, 6.07) is 0. The number of carbonyl (C=O) groups excluding carboxylic acids is 2. The van der Waals surface area contributed by atoms with E-state index >= 15 is 0 Å². The minimum atomic E-state index is -0.391. The Hall–Kier alpha value is -1.62. The number of rotatable bonds is 8. The van der Waals surface area contributed by atoms with E-state index < -0.39 is 11.9 Å². The van der Waals surface area contributed by atoms with Crippen molar-refractivity contribution in [1.82, 2.24) is 0 Å². The number of ether oxygens (including phenoxy) is 3. The molecule has 0 unspecified atom stereocenters. The van der Waals surface area contributed by atoms with Crippen LogP contribution < -0.4 is 0 Å². The van der Waals surface area contributed by atoms with E-state index in [-0.39, 0.29) is 13.2 Å². The van der Waals surface area contributed by atoms with Gasteiger partial charge >= 0.3 is 11.9 Å². The lowest BCUT2D eigenvalue weighted by Crippen LogP contribution is -2.01. The smallest absolute Gasteiger partial charge is 0.330 e. The van der Waals surface area contributed by atoms with E-state index in [4.69, 9.17) is 4.74 Å². The van der Waals surface area contributed by atoms with Gasteiger partial charge in [-0.15, -0.1) is 0 Å². The summed E-state index contributed by atoms with van der Waals surface area (Å²) < 4.78 is 14.4. The lowest BCUT2D eigenvalue weighted by atomic mass is 10.5. The normalized spacial score (nSPS) is 10.9. The predicted octanol–water partition coefficient (Wildman–Crippen LogP) is 1.24. The van der Waals surface area contributed by atoms with E-state index in [0.717, 1.165) is 0 Å². The maximum atomic E-state index is 10.9. The number of hydrogen-bond donors (Lipinski definition) is 0. The second-order valence-electron chi connectivity index (χ2n) is 2.85. The molecule has 0 atom stereocenters. The van der Waals surface area contributed by atoms with Gasteiger partial charge in [-0.25, -0.2) is 9.59 Å². The fraction of sp³-hybridized carbons (Fsp3) is 0.500. The molecule has 0 saturated heterocycles. The van der Waals surface area contributed by atoms with E-state index in [1.807, 2.05) is 0 Å². The first-order valence-corrected chi connectivity index (χ1v) is 5.45. The van der Waals surface area contributed by atoms with Crippen LogP contribution in [0.15, 0.2) is 24.3 Å². The van der Waals surface area contributed by atoms with Crippen molar-refractivity contribution in [3.05, 3.63) is 24.3 Å². The van der Waals surface area contributed by atoms with Crippen molar-refractivity contribution in [3.8, 4) is 0 Å². The lowest BCUT2D eigenvalue weighted by molar-refractivity contribution is -0.138. The van der Waals surface area contributed by atoms with Crippen LogP contribution in [0.2, 0.25) is 0 Å². The fourth-order valence-corrected chi connectivity index (χ4v) is 0.874. The van der Waals surface area contributed by atoms with Gasteiger partial charge in [-0.1, -0.05) is 12.2 Å². The second kappa shape index (κ2) is 10.9. The van der Waals surface area contributed by atoms with Crippen molar-refractivity contribution < 1.29 is 23.8 Å². The molecule has 0 aromatic rings. The number of esters is 2. The maximum absolute atomic E-state index is 10.9. The van der Waals surface area contributed by atoms with Crippen molar-refractivity contribution in [2.75, 3.05) is 26.4 Å². The van der Waals surface area contributed by atoms with Crippen LogP contribution in [0.3, 0.4) is 0 Å². The summed E-state index contributed by atoms with van der Waals surface area (Å²) in [6.45, 7) is 4.75. The highest BCUT2D eigenvalue weighted by Crippen LogP contribution is 1.85. The van der Waals surface area contributed by atoms with Crippen LogP contribution >= 0.6 is 0 Å². The van der Waals surface area contributed by atoms with Gasteiger partial charge in [0.05, 0.1) is 26.4 Å². The average Bonchev–Trinajstić information content (AvgIpc) is 2.28. The molecule has 5 nitrogen and oxygen atoms in total. The molecule has 0 aromatic carbocycles. The Labute approximate surface area is 101 Å². The monoisotopic (exact) mass is 242 g/mol. The highest BCUT2D eigenvalue weighted by atomic mass is 16.5. The Balaban J connectivity index is 3.52. The van der Waals surface area contributed by atoms with Gasteiger partial charge < -0.3 is 14.2 Å². The number of hydrogen-bond acceptors (Lipinski definition) is 5. The standard InChI is InChI=1S/C12H18O5/c1-3-16-11(13)7-5-9-15-10-6-8-12(14)17-4-2/h5-8H,3-4,9-10H2,1-2H3/b7-5-,8-6-. The van der Waals surface area contributed by atoms with Crippen molar-refractivity contribution in [3.63, 3.8) is 0 Å². The molecular formula is C12H18O5. The molecule has 0 aliphatic heterocycles. The zero-order valence-electron chi connectivity index (χ0n) is 10.2. The molecule has 0 amide bonds. The quantitative estimate of drug-likeness (QED) is 0.364. The van der Waals surface area contributed by atoms with Gasteiger partial charge in [0.1, 0.15) is 0 Å². The summed E-state index contributed by atoms with van der Waals surface area (Å²) in [6.07, 6.45) is 5.71. The molecule has 0 saturated carbocycles. The van der Waals surface area contributed by atoms with Crippen LogP contribution in [0.4, 0.5) is 0 Å². The van der Waals surface area contributed by atoms with E-state index in [1.165, 1.54) is 12.2 Å². The van der Waals surface area contributed by atoms with Gasteiger partial charge in [0.2, 0.25) is 0 Å². The van der Waals surface area contributed by atoms with E-state index in [0.29, 0.717) is 13.2 Å². The van der Waals surface area contributed by atoms with Crippen molar-refractivity contribution in [2.24, 2.45) is 0 Å². The molecule has 0 N–H and O–H groups in total. The van der Waals surface area contributed by atoms with Crippen molar-refractivity contribution in [1.29, 1.82) is 0 Å². The Morgan fingerprint density at radius 3 is 1.65 bits per heavy atom. The van der Waals surface area contributed by atoms with Crippen LogP contribution in [0, 0.1) is 0 Å². The third-order valence-electron chi connectivity index (χ3n) is 1.51. The first kappa shape index (κ1) is 15.4. The molecule has 17 heavy (non-hydrogen) atoms. The third-order valence-corrected chi connectivity index (χ3v) is 1.51. The highest BCUT2D eigenvalue weighted by Gasteiger charge is 1.93. The maximum Gasteiger partial charge on any atom is 0.330 e. The van der Waals surface area contributed by atoms with Gasteiger partial charge in [-0.2, -0.15) is 0 Å². The van der Waals surface area contributed by atoms with Crippen LogP contribution in [0.25, 0.3) is 0 Å². The second-order valence-corrected chi connectivity index (χ2v) is 2.85. The largest absolute Gasteiger partial charge is 0.463 e. The van der Waals surface area contributed by atoms with Gasteiger partial charge in [-0.05, 0) is 13.8 Å².